The van der Waals surface area contributed by atoms with E-state index in [4.69, 9.17) is 4.42 Å². The van der Waals surface area contributed by atoms with E-state index in [0.717, 1.165) is 5.56 Å². The molecular formula is C11H11BrN4O3. The van der Waals surface area contributed by atoms with Crippen molar-refractivity contribution in [3.05, 3.63) is 34.3 Å². The maximum atomic E-state index is 11.6. The summed E-state index contributed by atoms with van der Waals surface area (Å²) < 4.78 is 5.51. The lowest BCUT2D eigenvalue weighted by atomic mass is 10.3. The summed E-state index contributed by atoms with van der Waals surface area (Å²) in [5, 5.41) is 11.4. The van der Waals surface area contributed by atoms with Crippen LogP contribution in [0.5, 0.6) is 0 Å². The largest absolute Gasteiger partial charge is 0.444 e. The van der Waals surface area contributed by atoms with Crippen LogP contribution in [-0.4, -0.2) is 28.6 Å². The summed E-state index contributed by atoms with van der Waals surface area (Å²) in [6, 6.07) is 3.11. The standard InChI is InChI=1S/C11H11BrN4O3/c1-6-4-14-16-10(6)15-9(17)5-13-11(18)7-2-3-8(12)19-7/h2-4H,5H2,1H3,(H,13,18)(H2,14,15,16,17). The third-order valence-corrected chi connectivity index (χ3v) is 2.73. The van der Waals surface area contributed by atoms with E-state index >= 15 is 0 Å². The normalized spacial score (nSPS) is 10.2. The number of amides is 2. The zero-order valence-electron chi connectivity index (χ0n) is 9.99. The summed E-state index contributed by atoms with van der Waals surface area (Å²) in [5.41, 5.74) is 0.814. The molecule has 100 valence electrons. The summed E-state index contributed by atoms with van der Waals surface area (Å²) in [6.45, 7) is 1.65. The predicted molar refractivity (Wildman–Crippen MR) is 70.7 cm³/mol. The van der Waals surface area contributed by atoms with Gasteiger partial charge < -0.3 is 15.1 Å². The topological polar surface area (TPSA) is 100 Å². The number of H-pyrrole nitrogens is 1. The van der Waals surface area contributed by atoms with Crippen molar-refractivity contribution in [3.63, 3.8) is 0 Å². The number of rotatable bonds is 4. The zero-order chi connectivity index (χ0) is 13.8. The first-order chi connectivity index (χ1) is 9.06. The van der Waals surface area contributed by atoms with Crippen molar-refractivity contribution in [1.29, 1.82) is 0 Å². The van der Waals surface area contributed by atoms with Crippen LogP contribution in [0.2, 0.25) is 0 Å². The maximum Gasteiger partial charge on any atom is 0.287 e. The second-order valence-electron chi connectivity index (χ2n) is 3.76. The van der Waals surface area contributed by atoms with Gasteiger partial charge >= 0.3 is 0 Å². The third kappa shape index (κ3) is 3.44. The molecule has 0 spiro atoms. The summed E-state index contributed by atoms with van der Waals surface area (Å²) in [5.74, 6) is -0.161. The quantitative estimate of drug-likeness (QED) is 0.791. The van der Waals surface area contributed by atoms with Gasteiger partial charge in [0.05, 0.1) is 12.7 Å². The third-order valence-electron chi connectivity index (χ3n) is 2.30. The van der Waals surface area contributed by atoms with Crippen LogP contribution in [0.3, 0.4) is 0 Å². The zero-order valence-corrected chi connectivity index (χ0v) is 11.6. The van der Waals surface area contributed by atoms with Crippen LogP contribution >= 0.6 is 15.9 Å². The number of aryl methyl sites for hydroxylation is 1. The SMILES string of the molecule is Cc1cn[nH]c1NC(=O)CNC(=O)c1ccc(Br)o1. The number of hydrogen-bond acceptors (Lipinski definition) is 4. The Balaban J connectivity index is 1.84. The minimum Gasteiger partial charge on any atom is -0.444 e. The van der Waals surface area contributed by atoms with Gasteiger partial charge in [0.25, 0.3) is 5.91 Å². The first-order valence-corrected chi connectivity index (χ1v) is 6.19. The number of furan rings is 1. The number of anilines is 1. The Morgan fingerprint density at radius 3 is 2.84 bits per heavy atom. The lowest BCUT2D eigenvalue weighted by molar-refractivity contribution is -0.115. The Morgan fingerprint density at radius 1 is 1.47 bits per heavy atom. The number of carbonyl (C=O) groups is 2. The van der Waals surface area contributed by atoms with E-state index in [1.54, 1.807) is 19.2 Å². The average Bonchev–Trinajstić information content (AvgIpc) is 2.96. The first kappa shape index (κ1) is 13.3. The molecule has 0 atom stereocenters. The van der Waals surface area contributed by atoms with Crippen LogP contribution in [0.15, 0.2) is 27.4 Å². The molecule has 2 rings (SSSR count). The van der Waals surface area contributed by atoms with Crippen LogP contribution in [0.25, 0.3) is 0 Å². The number of nitrogens with zero attached hydrogens (tertiary/aromatic N) is 1. The fraction of sp³-hybridized carbons (Fsp3) is 0.182. The van der Waals surface area contributed by atoms with E-state index in [1.807, 2.05) is 0 Å². The molecule has 2 heterocycles. The van der Waals surface area contributed by atoms with Crippen LogP contribution in [0.1, 0.15) is 16.1 Å². The highest BCUT2D eigenvalue weighted by Crippen LogP contribution is 2.13. The fourth-order valence-corrected chi connectivity index (χ4v) is 1.65. The molecule has 0 bridgehead atoms. The highest BCUT2D eigenvalue weighted by atomic mass is 79.9. The molecule has 0 unspecified atom stereocenters. The Morgan fingerprint density at radius 2 is 2.26 bits per heavy atom. The smallest absolute Gasteiger partial charge is 0.287 e. The van der Waals surface area contributed by atoms with Gasteiger partial charge in [-0.2, -0.15) is 5.10 Å². The van der Waals surface area contributed by atoms with Crippen molar-refractivity contribution >= 4 is 33.6 Å². The Kier molecular flexibility index (Phi) is 4.00. The van der Waals surface area contributed by atoms with Gasteiger partial charge in [-0.15, -0.1) is 0 Å². The molecule has 0 aliphatic rings. The first-order valence-electron chi connectivity index (χ1n) is 5.39. The molecule has 0 aromatic carbocycles. The molecule has 0 aliphatic carbocycles. The molecule has 0 fully saturated rings. The number of nitrogens with one attached hydrogen (secondary N) is 3. The monoisotopic (exact) mass is 326 g/mol. The second kappa shape index (κ2) is 5.70. The van der Waals surface area contributed by atoms with Crippen molar-refractivity contribution in [3.8, 4) is 0 Å². The Hall–Kier alpha value is -2.09. The molecule has 7 nitrogen and oxygen atoms in total. The van der Waals surface area contributed by atoms with Gasteiger partial charge in [0.2, 0.25) is 5.91 Å². The summed E-state index contributed by atoms with van der Waals surface area (Å²) in [6.07, 6.45) is 1.59. The molecule has 2 amide bonds. The van der Waals surface area contributed by atoms with E-state index in [9.17, 15) is 9.59 Å². The van der Waals surface area contributed by atoms with Crippen LogP contribution in [0.4, 0.5) is 5.82 Å². The van der Waals surface area contributed by atoms with Gasteiger partial charge in [-0.25, -0.2) is 0 Å². The van der Waals surface area contributed by atoms with E-state index < -0.39 is 5.91 Å². The number of hydrogen-bond donors (Lipinski definition) is 3. The number of carbonyl (C=O) groups excluding carboxylic acids is 2. The molecule has 8 heteroatoms. The summed E-state index contributed by atoms with van der Waals surface area (Å²) >= 11 is 3.09. The van der Waals surface area contributed by atoms with Gasteiger partial charge in [-0.05, 0) is 35.0 Å². The molecule has 2 aromatic rings. The molecule has 0 radical (unpaired) electrons. The van der Waals surface area contributed by atoms with Gasteiger partial charge in [0, 0.05) is 5.56 Å². The van der Waals surface area contributed by atoms with Gasteiger partial charge in [0.15, 0.2) is 10.4 Å². The lowest BCUT2D eigenvalue weighted by Gasteiger charge is -2.04. The summed E-state index contributed by atoms with van der Waals surface area (Å²) in [4.78, 5) is 23.2. The van der Waals surface area contributed by atoms with E-state index in [-0.39, 0.29) is 18.2 Å². The van der Waals surface area contributed by atoms with Crippen LogP contribution in [0, 0.1) is 6.92 Å². The van der Waals surface area contributed by atoms with E-state index in [0.29, 0.717) is 10.5 Å². The molecule has 19 heavy (non-hydrogen) atoms. The number of halogens is 1. The van der Waals surface area contributed by atoms with Gasteiger partial charge in [-0.3, -0.25) is 14.7 Å². The lowest BCUT2D eigenvalue weighted by Crippen LogP contribution is -2.32. The second-order valence-corrected chi connectivity index (χ2v) is 4.54. The maximum absolute atomic E-state index is 11.6. The molecule has 3 N–H and O–H groups in total. The predicted octanol–water partition coefficient (Wildman–Crippen LogP) is 1.44. The highest BCUT2D eigenvalue weighted by Gasteiger charge is 2.12. The van der Waals surface area contributed by atoms with Crippen molar-refractivity contribution in [2.75, 3.05) is 11.9 Å². The van der Waals surface area contributed by atoms with Crippen molar-refractivity contribution in [2.24, 2.45) is 0 Å². The molecular weight excluding hydrogens is 316 g/mol. The number of aromatic nitrogens is 2. The molecule has 0 saturated heterocycles. The van der Waals surface area contributed by atoms with Crippen molar-refractivity contribution in [2.45, 2.75) is 6.92 Å². The number of aromatic amines is 1. The van der Waals surface area contributed by atoms with Crippen molar-refractivity contribution in [1.82, 2.24) is 15.5 Å². The van der Waals surface area contributed by atoms with Gasteiger partial charge in [-0.1, -0.05) is 0 Å². The highest BCUT2D eigenvalue weighted by molar-refractivity contribution is 9.10. The average molecular weight is 327 g/mol. The van der Waals surface area contributed by atoms with Crippen molar-refractivity contribution < 1.29 is 14.0 Å². The van der Waals surface area contributed by atoms with Gasteiger partial charge in [0.1, 0.15) is 5.82 Å². The molecule has 0 aliphatic heterocycles. The van der Waals surface area contributed by atoms with Crippen LogP contribution in [-0.2, 0) is 4.79 Å². The van der Waals surface area contributed by atoms with E-state index in [2.05, 4.69) is 36.8 Å². The molecule has 2 aromatic heterocycles. The summed E-state index contributed by atoms with van der Waals surface area (Å²) in [7, 11) is 0. The van der Waals surface area contributed by atoms with E-state index in [1.165, 1.54) is 6.07 Å². The molecule has 0 saturated carbocycles. The van der Waals surface area contributed by atoms with Crippen LogP contribution < -0.4 is 10.6 Å². The fourth-order valence-electron chi connectivity index (χ4n) is 1.34. The minimum atomic E-state index is -0.456. The Labute approximate surface area is 116 Å². The Bertz CT molecular complexity index is 605. The minimum absolute atomic E-state index is 0.136.